The van der Waals surface area contributed by atoms with Gasteiger partial charge in [-0.15, -0.1) is 0 Å². The van der Waals surface area contributed by atoms with Crippen LogP contribution in [0.15, 0.2) is 18.2 Å². The van der Waals surface area contributed by atoms with Crippen LogP contribution in [0.1, 0.15) is 42.5 Å². The fraction of sp³-hybridized carbons (Fsp3) is 0.562. The number of hydrogen-bond donors (Lipinski definition) is 2. The van der Waals surface area contributed by atoms with E-state index in [1.165, 1.54) is 13.5 Å². The third-order valence-electron chi connectivity index (χ3n) is 4.07. The summed E-state index contributed by atoms with van der Waals surface area (Å²) in [5, 5.41) is 13.4. The van der Waals surface area contributed by atoms with E-state index in [0.29, 0.717) is 22.3 Å². The molecule has 1 aliphatic carbocycles. The van der Waals surface area contributed by atoms with Crippen LogP contribution in [0.25, 0.3) is 0 Å². The zero-order chi connectivity index (χ0) is 15.2. The molecule has 116 valence electrons. The lowest BCUT2D eigenvalue weighted by Crippen LogP contribution is -2.37. The smallest absolute Gasteiger partial charge is 0.255 e. The number of carbonyl (C=O) groups excluding carboxylic acids is 1. The molecule has 1 aromatic rings. The van der Waals surface area contributed by atoms with Gasteiger partial charge < -0.3 is 15.2 Å². The molecule has 2 N–H and O–H groups in total. The summed E-state index contributed by atoms with van der Waals surface area (Å²) in [6, 6.07) is 4.91. The zero-order valence-electron chi connectivity index (χ0n) is 12.3. The van der Waals surface area contributed by atoms with Gasteiger partial charge in [-0.25, -0.2) is 0 Å². The fourth-order valence-corrected chi connectivity index (χ4v) is 3.01. The standard InChI is InChI=1S/C16H22ClNO3/c1-21-15-8-7-12(17)9-13(15)16(20)18-10-14(19)11-5-3-2-4-6-11/h7-9,11,14,19H,2-6,10H2,1H3,(H,18,20). The molecule has 5 heteroatoms. The van der Waals surface area contributed by atoms with Gasteiger partial charge in [0.05, 0.1) is 18.8 Å². The molecule has 0 bridgehead atoms. The van der Waals surface area contributed by atoms with E-state index in [0.717, 1.165) is 25.7 Å². The van der Waals surface area contributed by atoms with Crippen LogP contribution in [0.4, 0.5) is 0 Å². The Morgan fingerprint density at radius 2 is 2.14 bits per heavy atom. The van der Waals surface area contributed by atoms with Crippen molar-refractivity contribution < 1.29 is 14.6 Å². The first-order chi connectivity index (χ1) is 10.1. The number of nitrogens with one attached hydrogen (secondary N) is 1. The third-order valence-corrected chi connectivity index (χ3v) is 4.31. The van der Waals surface area contributed by atoms with E-state index < -0.39 is 6.10 Å². The van der Waals surface area contributed by atoms with Crippen LogP contribution in [0.2, 0.25) is 5.02 Å². The average Bonchev–Trinajstić information content (AvgIpc) is 2.53. The highest BCUT2D eigenvalue weighted by molar-refractivity contribution is 6.31. The van der Waals surface area contributed by atoms with Gasteiger partial charge in [0.15, 0.2) is 0 Å². The van der Waals surface area contributed by atoms with Crippen LogP contribution in [0.5, 0.6) is 5.75 Å². The van der Waals surface area contributed by atoms with E-state index >= 15 is 0 Å². The monoisotopic (exact) mass is 311 g/mol. The molecule has 1 unspecified atom stereocenters. The molecule has 21 heavy (non-hydrogen) atoms. The van der Waals surface area contributed by atoms with Gasteiger partial charge in [-0.3, -0.25) is 4.79 Å². The Bertz CT molecular complexity index is 486. The van der Waals surface area contributed by atoms with E-state index in [9.17, 15) is 9.90 Å². The maximum atomic E-state index is 12.2. The summed E-state index contributed by atoms with van der Waals surface area (Å²) >= 11 is 5.92. The predicted octanol–water partition coefficient (Wildman–Crippen LogP) is 3.02. The molecule has 2 rings (SSSR count). The van der Waals surface area contributed by atoms with Gasteiger partial charge in [-0.1, -0.05) is 30.9 Å². The first kappa shape index (κ1) is 16.1. The molecule has 0 radical (unpaired) electrons. The highest BCUT2D eigenvalue weighted by Gasteiger charge is 2.22. The second-order valence-electron chi connectivity index (χ2n) is 5.52. The van der Waals surface area contributed by atoms with Crippen molar-refractivity contribution in [3.05, 3.63) is 28.8 Å². The lowest BCUT2D eigenvalue weighted by Gasteiger charge is -2.26. The van der Waals surface area contributed by atoms with Crippen molar-refractivity contribution in [3.63, 3.8) is 0 Å². The molecule has 1 aromatic carbocycles. The molecule has 0 aromatic heterocycles. The number of hydrogen-bond acceptors (Lipinski definition) is 3. The number of rotatable bonds is 5. The van der Waals surface area contributed by atoms with Crippen LogP contribution in [-0.4, -0.2) is 30.8 Å². The minimum Gasteiger partial charge on any atom is -0.496 e. The van der Waals surface area contributed by atoms with E-state index in [4.69, 9.17) is 16.3 Å². The summed E-state index contributed by atoms with van der Waals surface area (Å²) in [5.41, 5.74) is 0.390. The Kier molecular flexibility index (Phi) is 5.88. The van der Waals surface area contributed by atoms with Crippen molar-refractivity contribution >= 4 is 17.5 Å². The second kappa shape index (κ2) is 7.66. The highest BCUT2D eigenvalue weighted by Crippen LogP contribution is 2.26. The zero-order valence-corrected chi connectivity index (χ0v) is 13.0. The van der Waals surface area contributed by atoms with E-state index in [-0.39, 0.29) is 12.5 Å². The summed E-state index contributed by atoms with van der Waals surface area (Å²) in [4.78, 5) is 12.2. The molecule has 1 fully saturated rings. The number of aliphatic hydroxyl groups excluding tert-OH is 1. The largest absolute Gasteiger partial charge is 0.496 e. The molecular formula is C16H22ClNO3. The summed E-state index contributed by atoms with van der Waals surface area (Å²) in [5.74, 6) is 0.494. The van der Waals surface area contributed by atoms with Gasteiger partial charge in [0.2, 0.25) is 0 Å². The molecule has 0 spiro atoms. The normalized spacial score (nSPS) is 17.3. The molecule has 0 saturated heterocycles. The number of carbonyl (C=O) groups is 1. The van der Waals surface area contributed by atoms with Gasteiger partial charge in [0.25, 0.3) is 5.91 Å². The molecule has 0 aliphatic heterocycles. The highest BCUT2D eigenvalue weighted by atomic mass is 35.5. The molecule has 4 nitrogen and oxygen atoms in total. The van der Waals surface area contributed by atoms with Crippen molar-refractivity contribution in [2.24, 2.45) is 5.92 Å². The molecular weight excluding hydrogens is 290 g/mol. The maximum Gasteiger partial charge on any atom is 0.255 e. The third kappa shape index (κ3) is 4.35. The number of ether oxygens (including phenoxy) is 1. The Balaban J connectivity index is 1.93. The van der Waals surface area contributed by atoms with Crippen LogP contribution in [-0.2, 0) is 0 Å². The molecule has 1 atom stereocenters. The van der Waals surface area contributed by atoms with Crippen molar-refractivity contribution in [1.82, 2.24) is 5.32 Å². The number of methoxy groups -OCH3 is 1. The molecule has 1 saturated carbocycles. The minimum atomic E-state index is -0.487. The Labute approximate surface area is 130 Å². The van der Waals surface area contributed by atoms with E-state index in [1.54, 1.807) is 18.2 Å². The quantitative estimate of drug-likeness (QED) is 0.879. The first-order valence-electron chi connectivity index (χ1n) is 7.41. The van der Waals surface area contributed by atoms with E-state index in [1.807, 2.05) is 0 Å². The topological polar surface area (TPSA) is 58.6 Å². The second-order valence-corrected chi connectivity index (χ2v) is 5.96. The Morgan fingerprint density at radius 1 is 1.43 bits per heavy atom. The number of halogens is 1. The van der Waals surface area contributed by atoms with Crippen LogP contribution in [0, 0.1) is 5.92 Å². The summed E-state index contributed by atoms with van der Waals surface area (Å²) in [7, 11) is 1.51. The van der Waals surface area contributed by atoms with Crippen LogP contribution in [0.3, 0.4) is 0 Å². The average molecular weight is 312 g/mol. The Hall–Kier alpha value is -1.26. The van der Waals surface area contributed by atoms with Crippen molar-refractivity contribution in [2.45, 2.75) is 38.2 Å². The summed E-state index contributed by atoms with van der Waals surface area (Å²) < 4.78 is 5.16. The number of amides is 1. The number of benzene rings is 1. The van der Waals surface area contributed by atoms with E-state index in [2.05, 4.69) is 5.32 Å². The lowest BCUT2D eigenvalue weighted by atomic mass is 9.85. The molecule has 1 amide bonds. The van der Waals surface area contributed by atoms with Crippen LogP contribution < -0.4 is 10.1 Å². The van der Waals surface area contributed by atoms with Gasteiger partial charge in [0.1, 0.15) is 5.75 Å². The number of aliphatic hydroxyl groups is 1. The predicted molar refractivity (Wildman–Crippen MR) is 82.9 cm³/mol. The fourth-order valence-electron chi connectivity index (χ4n) is 2.84. The summed E-state index contributed by atoms with van der Waals surface area (Å²) in [6.45, 7) is 0.263. The first-order valence-corrected chi connectivity index (χ1v) is 7.79. The van der Waals surface area contributed by atoms with Crippen molar-refractivity contribution in [3.8, 4) is 5.75 Å². The maximum absolute atomic E-state index is 12.2. The van der Waals surface area contributed by atoms with Gasteiger partial charge in [-0.2, -0.15) is 0 Å². The lowest BCUT2D eigenvalue weighted by molar-refractivity contribution is 0.0737. The van der Waals surface area contributed by atoms with Crippen LogP contribution >= 0.6 is 11.6 Å². The molecule has 0 heterocycles. The van der Waals surface area contributed by atoms with Crippen molar-refractivity contribution in [2.75, 3.05) is 13.7 Å². The minimum absolute atomic E-state index is 0.263. The SMILES string of the molecule is COc1ccc(Cl)cc1C(=O)NCC(O)C1CCCCC1. The molecule has 1 aliphatic rings. The van der Waals surface area contributed by atoms with Gasteiger partial charge in [-0.05, 0) is 37.0 Å². The van der Waals surface area contributed by atoms with Gasteiger partial charge >= 0.3 is 0 Å². The summed E-state index contributed by atoms with van der Waals surface area (Å²) in [6.07, 6.45) is 5.17. The Morgan fingerprint density at radius 3 is 2.81 bits per heavy atom. The van der Waals surface area contributed by atoms with Crippen molar-refractivity contribution in [1.29, 1.82) is 0 Å². The van der Waals surface area contributed by atoms with Gasteiger partial charge in [0, 0.05) is 11.6 Å².